The number of hydrogen-bond acceptors (Lipinski definition) is 8. The van der Waals surface area contributed by atoms with Crippen molar-refractivity contribution < 1.29 is 9.15 Å². The van der Waals surface area contributed by atoms with Crippen LogP contribution >= 0.6 is 0 Å². The first-order chi connectivity index (χ1) is 13.3. The molecule has 0 amide bonds. The highest BCUT2D eigenvalue weighted by Crippen LogP contribution is 2.19. The maximum absolute atomic E-state index is 5.74. The van der Waals surface area contributed by atoms with Crippen LogP contribution in [0.5, 0.6) is 0 Å². The molecule has 2 aromatic heterocycles. The lowest BCUT2D eigenvalue weighted by Crippen LogP contribution is -2.37. The van der Waals surface area contributed by atoms with Crippen LogP contribution in [-0.4, -0.2) is 46.5 Å². The highest BCUT2D eigenvalue weighted by atomic mass is 16.5. The van der Waals surface area contributed by atoms with Crippen molar-refractivity contribution in [2.24, 2.45) is 0 Å². The fraction of sp³-hybridized carbons (Fsp3) is 0.368. The van der Waals surface area contributed by atoms with Crippen LogP contribution in [0.25, 0.3) is 11.5 Å². The smallest absolute Gasteiger partial charge is 0.247 e. The zero-order valence-corrected chi connectivity index (χ0v) is 15.3. The van der Waals surface area contributed by atoms with Gasteiger partial charge in [-0.15, -0.1) is 10.2 Å². The molecule has 1 aromatic carbocycles. The van der Waals surface area contributed by atoms with E-state index in [2.05, 4.69) is 37.3 Å². The monoisotopic (exact) mass is 366 g/mol. The lowest BCUT2D eigenvalue weighted by atomic mass is 10.2. The van der Waals surface area contributed by atoms with Gasteiger partial charge in [0.25, 0.3) is 0 Å². The van der Waals surface area contributed by atoms with Crippen LogP contribution in [0, 0.1) is 0 Å². The molecule has 1 aliphatic rings. The van der Waals surface area contributed by atoms with E-state index in [1.54, 1.807) is 0 Å². The Kier molecular flexibility index (Phi) is 5.24. The fourth-order valence-corrected chi connectivity index (χ4v) is 2.85. The van der Waals surface area contributed by atoms with Crippen LogP contribution in [0.15, 0.2) is 40.8 Å². The van der Waals surface area contributed by atoms with E-state index in [0.29, 0.717) is 31.5 Å². The van der Waals surface area contributed by atoms with Gasteiger partial charge in [0, 0.05) is 30.4 Å². The van der Waals surface area contributed by atoms with Crippen LogP contribution in [0.3, 0.4) is 0 Å². The summed E-state index contributed by atoms with van der Waals surface area (Å²) >= 11 is 0. The van der Waals surface area contributed by atoms with E-state index in [4.69, 9.17) is 9.15 Å². The Bertz CT molecular complexity index is 877. The first-order valence-corrected chi connectivity index (χ1v) is 9.14. The number of anilines is 2. The number of aryl methyl sites for hydroxylation is 1. The minimum absolute atomic E-state index is 0.405. The highest BCUT2D eigenvalue weighted by Gasteiger charge is 2.16. The summed E-state index contributed by atoms with van der Waals surface area (Å²) in [4.78, 5) is 11.4. The number of ether oxygens (including phenoxy) is 1. The average molecular weight is 366 g/mol. The molecule has 3 aromatic rings. The van der Waals surface area contributed by atoms with Gasteiger partial charge >= 0.3 is 0 Å². The van der Waals surface area contributed by atoms with Gasteiger partial charge in [-0.1, -0.05) is 25.1 Å². The molecule has 0 saturated carbocycles. The van der Waals surface area contributed by atoms with E-state index in [9.17, 15) is 0 Å². The molecule has 0 atom stereocenters. The Balaban J connectivity index is 1.47. The van der Waals surface area contributed by atoms with E-state index in [1.807, 2.05) is 36.4 Å². The number of morpholine rings is 1. The van der Waals surface area contributed by atoms with Gasteiger partial charge in [-0.05, 0) is 18.6 Å². The SMILES string of the molecule is CCc1cc(NCc2nnc(-c3ccccc3)o2)nc(N2CCOCC2)n1. The molecular formula is C19H22N6O2. The summed E-state index contributed by atoms with van der Waals surface area (Å²) in [7, 11) is 0. The molecule has 1 fully saturated rings. The normalized spacial score (nSPS) is 14.3. The topological polar surface area (TPSA) is 89.2 Å². The number of hydrogen-bond donors (Lipinski definition) is 1. The van der Waals surface area contributed by atoms with Gasteiger partial charge < -0.3 is 19.4 Å². The maximum Gasteiger partial charge on any atom is 0.247 e. The minimum atomic E-state index is 0.405. The zero-order valence-electron chi connectivity index (χ0n) is 15.3. The molecule has 140 valence electrons. The minimum Gasteiger partial charge on any atom is -0.419 e. The predicted molar refractivity (Wildman–Crippen MR) is 102 cm³/mol. The lowest BCUT2D eigenvalue weighted by molar-refractivity contribution is 0.122. The molecule has 0 radical (unpaired) electrons. The molecule has 0 spiro atoms. The van der Waals surface area contributed by atoms with E-state index >= 15 is 0 Å². The lowest BCUT2D eigenvalue weighted by Gasteiger charge is -2.27. The van der Waals surface area contributed by atoms with Gasteiger partial charge in [-0.2, -0.15) is 4.98 Å². The number of benzene rings is 1. The van der Waals surface area contributed by atoms with E-state index in [0.717, 1.165) is 42.5 Å². The molecule has 8 nitrogen and oxygen atoms in total. The van der Waals surface area contributed by atoms with Crippen molar-refractivity contribution in [1.29, 1.82) is 0 Å². The van der Waals surface area contributed by atoms with Gasteiger partial charge in [-0.3, -0.25) is 0 Å². The summed E-state index contributed by atoms with van der Waals surface area (Å²) in [6, 6.07) is 11.7. The van der Waals surface area contributed by atoms with Crippen molar-refractivity contribution in [3.05, 3.63) is 48.0 Å². The summed E-state index contributed by atoms with van der Waals surface area (Å²) in [5, 5.41) is 11.5. The van der Waals surface area contributed by atoms with Gasteiger partial charge in [0.2, 0.25) is 17.7 Å². The number of rotatable bonds is 6. The van der Waals surface area contributed by atoms with Gasteiger partial charge in [0.05, 0.1) is 19.8 Å². The summed E-state index contributed by atoms with van der Waals surface area (Å²) in [5.41, 5.74) is 1.89. The van der Waals surface area contributed by atoms with Crippen molar-refractivity contribution >= 4 is 11.8 Å². The van der Waals surface area contributed by atoms with Gasteiger partial charge in [0.15, 0.2) is 0 Å². The molecule has 0 bridgehead atoms. The Labute approximate surface area is 157 Å². The largest absolute Gasteiger partial charge is 0.419 e. The van der Waals surface area contributed by atoms with Crippen LogP contribution in [0.4, 0.5) is 11.8 Å². The van der Waals surface area contributed by atoms with Crippen LogP contribution in [0.2, 0.25) is 0 Å². The molecule has 0 unspecified atom stereocenters. The Morgan fingerprint density at radius 1 is 1.07 bits per heavy atom. The Hall–Kier alpha value is -3.00. The number of aromatic nitrogens is 4. The average Bonchev–Trinajstić information content (AvgIpc) is 3.22. The van der Waals surface area contributed by atoms with E-state index in [-0.39, 0.29) is 0 Å². The molecule has 1 aliphatic heterocycles. The summed E-state index contributed by atoms with van der Waals surface area (Å²) < 4.78 is 11.2. The first-order valence-electron chi connectivity index (χ1n) is 9.14. The summed E-state index contributed by atoms with van der Waals surface area (Å²) in [5.74, 6) is 2.51. The molecule has 0 aliphatic carbocycles. The fourth-order valence-electron chi connectivity index (χ4n) is 2.85. The number of nitrogens with one attached hydrogen (secondary N) is 1. The third kappa shape index (κ3) is 4.22. The van der Waals surface area contributed by atoms with Crippen molar-refractivity contribution in [3.63, 3.8) is 0 Å². The summed E-state index contributed by atoms with van der Waals surface area (Å²) in [6.45, 7) is 5.49. The van der Waals surface area contributed by atoms with E-state index in [1.165, 1.54) is 0 Å². The van der Waals surface area contributed by atoms with Crippen LogP contribution in [0.1, 0.15) is 18.5 Å². The van der Waals surface area contributed by atoms with Crippen LogP contribution < -0.4 is 10.2 Å². The summed E-state index contributed by atoms with van der Waals surface area (Å²) in [6.07, 6.45) is 0.841. The Morgan fingerprint density at radius 2 is 1.89 bits per heavy atom. The molecule has 27 heavy (non-hydrogen) atoms. The second kappa shape index (κ2) is 8.13. The molecule has 8 heteroatoms. The highest BCUT2D eigenvalue weighted by molar-refractivity contribution is 5.51. The van der Waals surface area contributed by atoms with Gasteiger partial charge in [-0.25, -0.2) is 4.98 Å². The molecule has 3 heterocycles. The van der Waals surface area contributed by atoms with Crippen molar-refractivity contribution in [3.8, 4) is 11.5 Å². The molecule has 4 rings (SSSR count). The quantitative estimate of drug-likeness (QED) is 0.712. The second-order valence-corrected chi connectivity index (χ2v) is 6.22. The third-order valence-electron chi connectivity index (χ3n) is 4.33. The molecule has 1 N–H and O–H groups in total. The zero-order chi connectivity index (χ0) is 18.5. The third-order valence-corrected chi connectivity index (χ3v) is 4.33. The van der Waals surface area contributed by atoms with Crippen molar-refractivity contribution in [2.75, 3.05) is 36.5 Å². The second-order valence-electron chi connectivity index (χ2n) is 6.22. The standard InChI is InChI=1S/C19H22N6O2/c1-2-15-12-16(22-19(21-15)25-8-10-26-11-9-25)20-13-17-23-24-18(27-17)14-6-4-3-5-7-14/h3-7,12H,2,8-11,13H2,1H3,(H,20,21,22). The predicted octanol–water partition coefficient (Wildman–Crippen LogP) is 2.54. The molecule has 1 saturated heterocycles. The van der Waals surface area contributed by atoms with Gasteiger partial charge in [0.1, 0.15) is 5.82 Å². The van der Waals surface area contributed by atoms with E-state index < -0.39 is 0 Å². The molecular weight excluding hydrogens is 344 g/mol. The van der Waals surface area contributed by atoms with Crippen molar-refractivity contribution in [1.82, 2.24) is 20.2 Å². The van der Waals surface area contributed by atoms with Crippen molar-refractivity contribution in [2.45, 2.75) is 19.9 Å². The van der Waals surface area contributed by atoms with Crippen LogP contribution in [-0.2, 0) is 17.7 Å². The Morgan fingerprint density at radius 3 is 2.67 bits per heavy atom. The number of nitrogens with zero attached hydrogens (tertiary/aromatic N) is 5. The maximum atomic E-state index is 5.74. The first kappa shape index (κ1) is 17.4.